The monoisotopic (exact) mass is 201 g/mol. The number of aliphatic hydroxyl groups excluding tert-OH is 1. The second-order valence-corrected chi connectivity index (χ2v) is 3.97. The standard InChI is InChI=1S/C11H23NO2/c1-4-5-6-7-11(14)12-10(3)9(2)8-13/h9-10,13H,4-8H2,1-3H3,(H,12,14). The van der Waals surface area contributed by atoms with Crippen molar-refractivity contribution in [2.45, 2.75) is 52.5 Å². The second kappa shape index (κ2) is 7.80. The van der Waals surface area contributed by atoms with Crippen molar-refractivity contribution in [3.05, 3.63) is 0 Å². The first kappa shape index (κ1) is 13.4. The maximum atomic E-state index is 11.4. The number of carbonyl (C=O) groups is 1. The van der Waals surface area contributed by atoms with Gasteiger partial charge in [0.15, 0.2) is 0 Å². The molecule has 3 heteroatoms. The summed E-state index contributed by atoms with van der Waals surface area (Å²) in [6.45, 7) is 6.10. The Morgan fingerprint density at radius 2 is 2.00 bits per heavy atom. The molecule has 1 amide bonds. The molecule has 0 rings (SSSR count). The van der Waals surface area contributed by atoms with Crippen LogP contribution in [0.5, 0.6) is 0 Å². The number of hydrogen-bond donors (Lipinski definition) is 2. The Hall–Kier alpha value is -0.570. The normalized spacial score (nSPS) is 14.9. The summed E-state index contributed by atoms with van der Waals surface area (Å²) < 4.78 is 0. The van der Waals surface area contributed by atoms with E-state index < -0.39 is 0 Å². The van der Waals surface area contributed by atoms with E-state index in [2.05, 4.69) is 12.2 Å². The van der Waals surface area contributed by atoms with Gasteiger partial charge >= 0.3 is 0 Å². The van der Waals surface area contributed by atoms with E-state index >= 15 is 0 Å². The topological polar surface area (TPSA) is 49.3 Å². The third kappa shape index (κ3) is 5.97. The predicted octanol–water partition coefficient (Wildman–Crippen LogP) is 1.70. The zero-order chi connectivity index (χ0) is 11.0. The van der Waals surface area contributed by atoms with Crippen LogP contribution in [0.25, 0.3) is 0 Å². The molecule has 0 heterocycles. The average Bonchev–Trinajstić information content (AvgIpc) is 2.16. The number of rotatable bonds is 7. The van der Waals surface area contributed by atoms with Gasteiger partial charge in [-0.1, -0.05) is 26.7 Å². The van der Waals surface area contributed by atoms with Crippen LogP contribution in [-0.2, 0) is 4.79 Å². The van der Waals surface area contributed by atoms with Crippen molar-refractivity contribution in [2.75, 3.05) is 6.61 Å². The molecule has 2 atom stereocenters. The Morgan fingerprint density at radius 1 is 1.36 bits per heavy atom. The summed E-state index contributed by atoms with van der Waals surface area (Å²) in [7, 11) is 0. The highest BCUT2D eigenvalue weighted by Crippen LogP contribution is 2.03. The molecule has 0 aliphatic heterocycles. The number of hydrogen-bond acceptors (Lipinski definition) is 2. The van der Waals surface area contributed by atoms with Gasteiger partial charge in [-0.15, -0.1) is 0 Å². The number of unbranched alkanes of at least 4 members (excludes halogenated alkanes) is 2. The quantitative estimate of drug-likeness (QED) is 0.616. The van der Waals surface area contributed by atoms with Gasteiger partial charge in [0.25, 0.3) is 0 Å². The zero-order valence-corrected chi connectivity index (χ0v) is 9.55. The molecule has 0 saturated heterocycles. The van der Waals surface area contributed by atoms with E-state index in [1.165, 1.54) is 0 Å². The summed E-state index contributed by atoms with van der Waals surface area (Å²) in [5, 5.41) is 11.8. The fourth-order valence-corrected chi connectivity index (χ4v) is 1.16. The van der Waals surface area contributed by atoms with Gasteiger partial charge in [0.1, 0.15) is 0 Å². The van der Waals surface area contributed by atoms with E-state index in [-0.39, 0.29) is 24.5 Å². The Labute approximate surface area is 86.9 Å². The van der Waals surface area contributed by atoms with E-state index in [0.29, 0.717) is 6.42 Å². The van der Waals surface area contributed by atoms with Gasteiger partial charge in [0.05, 0.1) is 0 Å². The van der Waals surface area contributed by atoms with Gasteiger partial charge in [-0.2, -0.15) is 0 Å². The van der Waals surface area contributed by atoms with E-state index in [0.717, 1.165) is 19.3 Å². The molecule has 14 heavy (non-hydrogen) atoms. The van der Waals surface area contributed by atoms with Crippen LogP contribution in [0.3, 0.4) is 0 Å². The smallest absolute Gasteiger partial charge is 0.220 e. The molecule has 2 unspecified atom stereocenters. The molecule has 0 saturated carbocycles. The average molecular weight is 201 g/mol. The molecule has 0 fully saturated rings. The van der Waals surface area contributed by atoms with Crippen molar-refractivity contribution in [3.63, 3.8) is 0 Å². The fraction of sp³-hybridized carbons (Fsp3) is 0.909. The van der Waals surface area contributed by atoms with Crippen molar-refractivity contribution in [2.24, 2.45) is 5.92 Å². The summed E-state index contributed by atoms with van der Waals surface area (Å²) >= 11 is 0. The molecule has 0 aliphatic carbocycles. The molecule has 0 bridgehead atoms. The zero-order valence-electron chi connectivity index (χ0n) is 9.55. The largest absolute Gasteiger partial charge is 0.396 e. The number of amides is 1. The van der Waals surface area contributed by atoms with E-state index in [4.69, 9.17) is 5.11 Å². The molecule has 0 radical (unpaired) electrons. The van der Waals surface area contributed by atoms with Gasteiger partial charge in [-0.05, 0) is 19.3 Å². The molecule has 2 N–H and O–H groups in total. The molecule has 0 aliphatic rings. The van der Waals surface area contributed by atoms with Crippen LogP contribution in [0, 0.1) is 5.92 Å². The van der Waals surface area contributed by atoms with Gasteiger partial charge in [0.2, 0.25) is 5.91 Å². The third-order valence-corrected chi connectivity index (χ3v) is 2.54. The number of nitrogens with one attached hydrogen (secondary N) is 1. The first-order valence-corrected chi connectivity index (χ1v) is 5.52. The lowest BCUT2D eigenvalue weighted by Crippen LogP contribution is -2.38. The Morgan fingerprint density at radius 3 is 2.50 bits per heavy atom. The molecule has 0 aromatic heterocycles. The fourth-order valence-electron chi connectivity index (χ4n) is 1.16. The van der Waals surface area contributed by atoms with E-state index in [1.807, 2.05) is 13.8 Å². The van der Waals surface area contributed by atoms with Crippen molar-refractivity contribution < 1.29 is 9.90 Å². The van der Waals surface area contributed by atoms with Crippen LogP contribution in [0.15, 0.2) is 0 Å². The maximum Gasteiger partial charge on any atom is 0.220 e. The van der Waals surface area contributed by atoms with Crippen LogP contribution < -0.4 is 5.32 Å². The predicted molar refractivity (Wildman–Crippen MR) is 58.0 cm³/mol. The molecule has 0 aromatic carbocycles. The minimum atomic E-state index is 0.0640. The van der Waals surface area contributed by atoms with Crippen molar-refractivity contribution in [1.29, 1.82) is 0 Å². The van der Waals surface area contributed by atoms with Crippen molar-refractivity contribution in [1.82, 2.24) is 5.32 Å². The Bertz CT molecular complexity index is 159. The molecular weight excluding hydrogens is 178 g/mol. The molecule has 0 spiro atoms. The Balaban J connectivity index is 3.60. The first-order chi connectivity index (χ1) is 6.61. The van der Waals surface area contributed by atoms with Gasteiger partial charge in [0, 0.05) is 19.1 Å². The minimum Gasteiger partial charge on any atom is -0.396 e. The Kier molecular flexibility index (Phi) is 7.48. The lowest BCUT2D eigenvalue weighted by molar-refractivity contribution is -0.122. The van der Waals surface area contributed by atoms with Crippen LogP contribution in [0.4, 0.5) is 0 Å². The lowest BCUT2D eigenvalue weighted by atomic mass is 10.0. The van der Waals surface area contributed by atoms with Crippen LogP contribution in [-0.4, -0.2) is 23.7 Å². The number of carbonyl (C=O) groups excluding carboxylic acids is 1. The van der Waals surface area contributed by atoms with E-state index in [9.17, 15) is 4.79 Å². The lowest BCUT2D eigenvalue weighted by Gasteiger charge is -2.19. The second-order valence-electron chi connectivity index (χ2n) is 3.97. The van der Waals surface area contributed by atoms with Crippen LogP contribution >= 0.6 is 0 Å². The third-order valence-electron chi connectivity index (χ3n) is 2.54. The highest BCUT2D eigenvalue weighted by molar-refractivity contribution is 5.76. The van der Waals surface area contributed by atoms with Crippen LogP contribution in [0.2, 0.25) is 0 Å². The van der Waals surface area contributed by atoms with E-state index in [1.54, 1.807) is 0 Å². The first-order valence-electron chi connectivity index (χ1n) is 5.52. The van der Waals surface area contributed by atoms with Gasteiger partial charge in [-0.25, -0.2) is 0 Å². The summed E-state index contributed by atoms with van der Waals surface area (Å²) in [6, 6.07) is 0.0640. The molecule has 3 nitrogen and oxygen atoms in total. The SMILES string of the molecule is CCCCCC(=O)NC(C)C(C)CO. The molecule has 0 aromatic rings. The van der Waals surface area contributed by atoms with Crippen molar-refractivity contribution >= 4 is 5.91 Å². The van der Waals surface area contributed by atoms with Gasteiger partial charge < -0.3 is 10.4 Å². The minimum absolute atomic E-state index is 0.0640. The summed E-state index contributed by atoms with van der Waals surface area (Å²) in [4.78, 5) is 11.4. The van der Waals surface area contributed by atoms with Gasteiger partial charge in [-0.3, -0.25) is 4.79 Å². The van der Waals surface area contributed by atoms with Crippen LogP contribution in [0.1, 0.15) is 46.5 Å². The van der Waals surface area contributed by atoms with Crippen molar-refractivity contribution in [3.8, 4) is 0 Å². The highest BCUT2D eigenvalue weighted by atomic mass is 16.3. The summed E-state index contributed by atoms with van der Waals surface area (Å²) in [6.07, 6.45) is 3.81. The molecule has 84 valence electrons. The molecular formula is C11H23NO2. The summed E-state index contributed by atoms with van der Waals surface area (Å²) in [5.41, 5.74) is 0. The maximum absolute atomic E-state index is 11.4. The summed E-state index contributed by atoms with van der Waals surface area (Å²) in [5.74, 6) is 0.233. The highest BCUT2D eigenvalue weighted by Gasteiger charge is 2.12. The number of aliphatic hydroxyl groups is 1.